The highest BCUT2D eigenvalue weighted by Crippen LogP contribution is 2.25. The summed E-state index contributed by atoms with van der Waals surface area (Å²) in [6.07, 6.45) is 2.67. The summed E-state index contributed by atoms with van der Waals surface area (Å²) in [7, 11) is 1.58. The number of phenolic OH excluding ortho intramolecular Hbond substituents is 1. The molecule has 2 aromatic rings. The van der Waals surface area contributed by atoms with Gasteiger partial charge in [0.1, 0.15) is 17.6 Å². The van der Waals surface area contributed by atoms with Crippen molar-refractivity contribution in [2.75, 3.05) is 19.0 Å². The maximum Gasteiger partial charge on any atom is 0.326 e. The fourth-order valence-corrected chi connectivity index (χ4v) is 2.13. The number of carboxylic acid groups (broad SMARTS) is 1. The second-order valence-corrected chi connectivity index (χ2v) is 4.74. The SMILES string of the molecule is COCCCC(Nc1nccc2ccc(O)cc12)C(=O)O. The van der Waals surface area contributed by atoms with Crippen molar-refractivity contribution in [3.05, 3.63) is 30.5 Å². The summed E-state index contributed by atoms with van der Waals surface area (Å²) in [5.74, 6) is -0.372. The molecule has 21 heavy (non-hydrogen) atoms. The molecule has 1 heterocycles. The van der Waals surface area contributed by atoms with E-state index in [1.165, 1.54) is 0 Å². The van der Waals surface area contributed by atoms with E-state index >= 15 is 0 Å². The van der Waals surface area contributed by atoms with E-state index in [4.69, 9.17) is 4.74 Å². The molecule has 0 aliphatic rings. The predicted octanol–water partition coefficient (Wildman–Crippen LogP) is 2.23. The largest absolute Gasteiger partial charge is 0.508 e. The minimum atomic E-state index is -0.940. The van der Waals surface area contributed by atoms with E-state index in [9.17, 15) is 15.0 Å². The molecule has 6 nitrogen and oxygen atoms in total. The van der Waals surface area contributed by atoms with Gasteiger partial charge >= 0.3 is 5.97 Å². The maximum absolute atomic E-state index is 11.3. The summed E-state index contributed by atoms with van der Waals surface area (Å²) in [4.78, 5) is 15.5. The highest BCUT2D eigenvalue weighted by Gasteiger charge is 2.18. The van der Waals surface area contributed by atoms with Crippen molar-refractivity contribution >= 4 is 22.6 Å². The number of pyridine rings is 1. The lowest BCUT2D eigenvalue weighted by molar-refractivity contribution is -0.138. The molecular weight excluding hydrogens is 272 g/mol. The number of aromatic hydroxyl groups is 1. The van der Waals surface area contributed by atoms with Gasteiger partial charge in [-0.1, -0.05) is 6.07 Å². The molecule has 1 aromatic heterocycles. The van der Waals surface area contributed by atoms with Gasteiger partial charge in [-0.05, 0) is 36.4 Å². The predicted molar refractivity (Wildman–Crippen MR) is 79.6 cm³/mol. The number of nitrogens with zero attached hydrogens (tertiary/aromatic N) is 1. The Hall–Kier alpha value is -2.34. The van der Waals surface area contributed by atoms with Gasteiger partial charge in [-0.25, -0.2) is 9.78 Å². The quantitative estimate of drug-likeness (QED) is 0.677. The minimum Gasteiger partial charge on any atom is -0.508 e. The number of benzene rings is 1. The third-order valence-corrected chi connectivity index (χ3v) is 3.20. The van der Waals surface area contributed by atoms with Crippen LogP contribution in [0.15, 0.2) is 30.5 Å². The van der Waals surface area contributed by atoms with E-state index in [0.717, 1.165) is 5.39 Å². The standard InChI is InChI=1S/C15H18N2O4/c1-21-8-2-3-13(15(19)20)17-14-12-9-11(18)5-4-10(12)6-7-16-14/h4-7,9,13,18H,2-3,8H2,1H3,(H,16,17)(H,19,20). The molecule has 1 aromatic carbocycles. The lowest BCUT2D eigenvalue weighted by Crippen LogP contribution is -2.30. The van der Waals surface area contributed by atoms with E-state index < -0.39 is 12.0 Å². The molecule has 1 atom stereocenters. The Balaban J connectivity index is 2.23. The van der Waals surface area contributed by atoms with Gasteiger partial charge in [-0.15, -0.1) is 0 Å². The van der Waals surface area contributed by atoms with Crippen molar-refractivity contribution < 1.29 is 19.7 Å². The van der Waals surface area contributed by atoms with Gasteiger partial charge < -0.3 is 20.3 Å². The smallest absolute Gasteiger partial charge is 0.326 e. The molecule has 0 spiro atoms. The lowest BCUT2D eigenvalue weighted by atomic mass is 10.1. The number of nitrogens with one attached hydrogen (secondary N) is 1. The first kappa shape index (κ1) is 15.1. The first-order valence-electron chi connectivity index (χ1n) is 6.68. The van der Waals surface area contributed by atoms with Crippen LogP contribution in [0.1, 0.15) is 12.8 Å². The molecule has 0 radical (unpaired) electrons. The molecule has 2 rings (SSSR count). The molecule has 0 aliphatic heterocycles. The normalized spacial score (nSPS) is 12.2. The zero-order valence-corrected chi connectivity index (χ0v) is 11.7. The van der Waals surface area contributed by atoms with Crippen molar-refractivity contribution in [1.29, 1.82) is 0 Å². The first-order chi connectivity index (χ1) is 10.1. The molecule has 112 valence electrons. The van der Waals surface area contributed by atoms with E-state index in [0.29, 0.717) is 30.7 Å². The number of carboxylic acids is 1. The Morgan fingerprint density at radius 1 is 1.43 bits per heavy atom. The summed E-state index contributed by atoms with van der Waals surface area (Å²) < 4.78 is 4.94. The van der Waals surface area contributed by atoms with E-state index in [2.05, 4.69) is 10.3 Å². The first-order valence-corrected chi connectivity index (χ1v) is 6.68. The van der Waals surface area contributed by atoms with Crippen LogP contribution in [0.2, 0.25) is 0 Å². The zero-order valence-electron chi connectivity index (χ0n) is 11.7. The van der Waals surface area contributed by atoms with Gasteiger partial charge in [0.15, 0.2) is 0 Å². The van der Waals surface area contributed by atoms with Crippen LogP contribution >= 0.6 is 0 Å². The molecule has 1 unspecified atom stereocenters. The minimum absolute atomic E-state index is 0.116. The number of aliphatic carboxylic acids is 1. The summed E-state index contributed by atoms with van der Waals surface area (Å²) in [6, 6.07) is 5.97. The van der Waals surface area contributed by atoms with E-state index in [-0.39, 0.29) is 5.75 Å². The van der Waals surface area contributed by atoms with Gasteiger partial charge in [0.05, 0.1) is 0 Å². The number of hydrogen-bond donors (Lipinski definition) is 3. The fraction of sp³-hybridized carbons (Fsp3) is 0.333. The number of hydrogen-bond acceptors (Lipinski definition) is 5. The number of phenols is 1. The Bertz CT molecular complexity index is 630. The van der Waals surface area contributed by atoms with Crippen molar-refractivity contribution in [2.24, 2.45) is 0 Å². The topological polar surface area (TPSA) is 91.7 Å². The molecule has 6 heteroatoms. The highest BCUT2D eigenvalue weighted by molar-refractivity contribution is 5.94. The van der Waals surface area contributed by atoms with Crippen LogP contribution in [-0.2, 0) is 9.53 Å². The average molecular weight is 290 g/mol. The Kier molecular flexibility index (Phi) is 4.94. The second-order valence-electron chi connectivity index (χ2n) is 4.74. The molecule has 0 aliphatic carbocycles. The van der Waals surface area contributed by atoms with Crippen LogP contribution < -0.4 is 5.32 Å². The van der Waals surface area contributed by atoms with Crippen molar-refractivity contribution in [1.82, 2.24) is 4.98 Å². The number of anilines is 1. The van der Waals surface area contributed by atoms with E-state index in [1.54, 1.807) is 37.6 Å². The number of rotatable bonds is 7. The van der Waals surface area contributed by atoms with Crippen molar-refractivity contribution in [3.8, 4) is 5.75 Å². The Morgan fingerprint density at radius 2 is 2.24 bits per heavy atom. The summed E-state index contributed by atoms with van der Waals surface area (Å²) in [5, 5.41) is 23.4. The van der Waals surface area contributed by atoms with E-state index in [1.807, 2.05) is 0 Å². The molecule has 0 saturated heterocycles. The van der Waals surface area contributed by atoms with Crippen LogP contribution in [-0.4, -0.2) is 40.9 Å². The lowest BCUT2D eigenvalue weighted by Gasteiger charge is -2.16. The number of fused-ring (bicyclic) bond motifs is 1. The number of aromatic nitrogens is 1. The second kappa shape index (κ2) is 6.90. The van der Waals surface area contributed by atoms with Gasteiger partial charge in [0.2, 0.25) is 0 Å². The molecule has 3 N–H and O–H groups in total. The number of methoxy groups -OCH3 is 1. The molecule has 0 saturated carbocycles. The molecular formula is C15H18N2O4. The summed E-state index contributed by atoms with van der Waals surface area (Å²) in [6.45, 7) is 0.509. The molecule has 0 amide bonds. The third-order valence-electron chi connectivity index (χ3n) is 3.20. The highest BCUT2D eigenvalue weighted by atomic mass is 16.5. The Labute approximate surface area is 122 Å². The van der Waals surface area contributed by atoms with Crippen molar-refractivity contribution in [2.45, 2.75) is 18.9 Å². The number of carbonyl (C=O) groups is 1. The fourth-order valence-electron chi connectivity index (χ4n) is 2.13. The van der Waals surface area contributed by atoms with Crippen LogP contribution in [0.5, 0.6) is 5.75 Å². The molecule has 0 fully saturated rings. The van der Waals surface area contributed by atoms with Gasteiger partial charge in [0, 0.05) is 25.3 Å². The summed E-state index contributed by atoms with van der Waals surface area (Å²) >= 11 is 0. The monoisotopic (exact) mass is 290 g/mol. The Morgan fingerprint density at radius 3 is 2.95 bits per heavy atom. The average Bonchev–Trinajstić information content (AvgIpc) is 2.46. The molecule has 0 bridgehead atoms. The van der Waals surface area contributed by atoms with Crippen molar-refractivity contribution in [3.63, 3.8) is 0 Å². The zero-order chi connectivity index (χ0) is 15.2. The maximum atomic E-state index is 11.3. The van der Waals surface area contributed by atoms with Crippen LogP contribution in [0.25, 0.3) is 10.8 Å². The van der Waals surface area contributed by atoms with Gasteiger partial charge in [0.25, 0.3) is 0 Å². The third kappa shape index (κ3) is 3.82. The van der Waals surface area contributed by atoms with Crippen LogP contribution in [0, 0.1) is 0 Å². The summed E-state index contributed by atoms with van der Waals surface area (Å²) in [5.41, 5.74) is 0. The van der Waals surface area contributed by atoms with Gasteiger partial charge in [-0.2, -0.15) is 0 Å². The van der Waals surface area contributed by atoms with Crippen LogP contribution in [0.3, 0.4) is 0 Å². The van der Waals surface area contributed by atoms with Crippen LogP contribution in [0.4, 0.5) is 5.82 Å². The van der Waals surface area contributed by atoms with Gasteiger partial charge in [-0.3, -0.25) is 0 Å². The number of ether oxygens (including phenoxy) is 1.